The molecule has 1 aliphatic heterocycles. The second kappa shape index (κ2) is 6.66. The molecular formula is C15H21FN2O. The van der Waals surface area contributed by atoms with Crippen LogP contribution < -0.4 is 10.6 Å². The van der Waals surface area contributed by atoms with E-state index in [1.807, 2.05) is 0 Å². The molecule has 1 heterocycles. The third kappa shape index (κ3) is 4.03. The zero-order valence-electron chi connectivity index (χ0n) is 11.3. The summed E-state index contributed by atoms with van der Waals surface area (Å²) in [6.45, 7) is 4.50. The lowest BCUT2D eigenvalue weighted by atomic mass is 9.96. The van der Waals surface area contributed by atoms with Gasteiger partial charge >= 0.3 is 0 Å². The molecule has 0 bridgehead atoms. The Balaban J connectivity index is 1.78. The van der Waals surface area contributed by atoms with Gasteiger partial charge in [-0.25, -0.2) is 4.39 Å². The van der Waals surface area contributed by atoms with Crippen molar-refractivity contribution in [2.75, 3.05) is 19.6 Å². The van der Waals surface area contributed by atoms with Crippen LogP contribution in [0.2, 0.25) is 0 Å². The Hall–Kier alpha value is -1.42. The third-order valence-corrected chi connectivity index (χ3v) is 3.66. The summed E-state index contributed by atoms with van der Waals surface area (Å²) >= 11 is 0. The molecule has 0 saturated carbocycles. The number of carbonyl (C=O) groups is 1. The standard InChI is InChI=1S/C15H21FN2O/c1-11-9-13(4-5-14(11)16)15(19)18-8-6-12-3-2-7-17-10-12/h4-5,9,12,17H,2-3,6-8,10H2,1H3,(H,18,19)/t12-/m0/s1. The van der Waals surface area contributed by atoms with Gasteiger partial charge < -0.3 is 10.6 Å². The largest absolute Gasteiger partial charge is 0.352 e. The second-order valence-electron chi connectivity index (χ2n) is 5.22. The molecule has 2 rings (SSSR count). The lowest BCUT2D eigenvalue weighted by Gasteiger charge is -2.22. The monoisotopic (exact) mass is 264 g/mol. The molecule has 19 heavy (non-hydrogen) atoms. The summed E-state index contributed by atoms with van der Waals surface area (Å²) in [5, 5.41) is 6.27. The van der Waals surface area contributed by atoms with Crippen molar-refractivity contribution in [1.82, 2.24) is 10.6 Å². The fourth-order valence-electron chi connectivity index (χ4n) is 2.45. The molecule has 1 fully saturated rings. The number of carbonyl (C=O) groups excluding carboxylic acids is 1. The van der Waals surface area contributed by atoms with E-state index in [2.05, 4.69) is 10.6 Å². The van der Waals surface area contributed by atoms with E-state index >= 15 is 0 Å². The number of hydrogen-bond acceptors (Lipinski definition) is 2. The van der Waals surface area contributed by atoms with Crippen molar-refractivity contribution in [2.45, 2.75) is 26.2 Å². The number of rotatable bonds is 4. The fourth-order valence-corrected chi connectivity index (χ4v) is 2.45. The van der Waals surface area contributed by atoms with Crippen LogP contribution in [0.5, 0.6) is 0 Å². The van der Waals surface area contributed by atoms with E-state index in [0.29, 0.717) is 23.6 Å². The smallest absolute Gasteiger partial charge is 0.251 e. The van der Waals surface area contributed by atoms with Crippen LogP contribution in [0, 0.1) is 18.7 Å². The molecule has 1 saturated heterocycles. The van der Waals surface area contributed by atoms with Crippen molar-refractivity contribution in [3.8, 4) is 0 Å². The van der Waals surface area contributed by atoms with Gasteiger partial charge in [-0.05, 0) is 69.0 Å². The molecular weight excluding hydrogens is 243 g/mol. The number of benzene rings is 1. The number of hydrogen-bond donors (Lipinski definition) is 2. The highest BCUT2D eigenvalue weighted by atomic mass is 19.1. The van der Waals surface area contributed by atoms with Crippen molar-refractivity contribution in [3.63, 3.8) is 0 Å². The van der Waals surface area contributed by atoms with E-state index in [1.165, 1.54) is 25.0 Å². The third-order valence-electron chi connectivity index (χ3n) is 3.66. The molecule has 1 aliphatic rings. The molecule has 1 atom stereocenters. The minimum absolute atomic E-state index is 0.119. The predicted octanol–water partition coefficient (Wildman–Crippen LogP) is 2.25. The Kier molecular flexibility index (Phi) is 4.91. The molecule has 4 heteroatoms. The van der Waals surface area contributed by atoms with E-state index in [9.17, 15) is 9.18 Å². The van der Waals surface area contributed by atoms with Crippen LogP contribution in [-0.4, -0.2) is 25.5 Å². The van der Waals surface area contributed by atoms with Crippen LogP contribution in [0.15, 0.2) is 18.2 Å². The Morgan fingerprint density at radius 1 is 1.53 bits per heavy atom. The molecule has 3 nitrogen and oxygen atoms in total. The summed E-state index contributed by atoms with van der Waals surface area (Å²) in [6, 6.07) is 4.46. The molecule has 0 unspecified atom stereocenters. The topological polar surface area (TPSA) is 41.1 Å². The molecule has 1 aromatic carbocycles. The fraction of sp³-hybridized carbons (Fsp3) is 0.533. The zero-order valence-corrected chi connectivity index (χ0v) is 11.3. The Bertz CT molecular complexity index is 442. The number of aryl methyl sites for hydroxylation is 1. The van der Waals surface area contributed by atoms with Crippen LogP contribution in [0.1, 0.15) is 35.2 Å². The first kappa shape index (κ1) is 14.0. The molecule has 0 radical (unpaired) electrons. The van der Waals surface area contributed by atoms with E-state index < -0.39 is 0 Å². The quantitative estimate of drug-likeness (QED) is 0.875. The molecule has 0 aliphatic carbocycles. The minimum atomic E-state index is -0.273. The summed E-state index contributed by atoms with van der Waals surface area (Å²) in [5.74, 6) is 0.265. The summed E-state index contributed by atoms with van der Waals surface area (Å²) in [5.41, 5.74) is 1.03. The minimum Gasteiger partial charge on any atom is -0.352 e. The molecule has 2 N–H and O–H groups in total. The number of amides is 1. The van der Waals surface area contributed by atoms with Crippen LogP contribution in [0.4, 0.5) is 4.39 Å². The van der Waals surface area contributed by atoms with E-state index in [1.54, 1.807) is 13.0 Å². The van der Waals surface area contributed by atoms with Crippen LogP contribution in [-0.2, 0) is 0 Å². The molecule has 0 spiro atoms. The van der Waals surface area contributed by atoms with Gasteiger partial charge in [0.1, 0.15) is 5.82 Å². The first-order valence-electron chi connectivity index (χ1n) is 6.92. The van der Waals surface area contributed by atoms with Crippen LogP contribution >= 0.6 is 0 Å². The van der Waals surface area contributed by atoms with Gasteiger partial charge in [0.25, 0.3) is 5.91 Å². The van der Waals surface area contributed by atoms with E-state index in [0.717, 1.165) is 19.5 Å². The van der Waals surface area contributed by atoms with Gasteiger partial charge in [-0.3, -0.25) is 4.79 Å². The first-order chi connectivity index (χ1) is 9.16. The Morgan fingerprint density at radius 3 is 3.05 bits per heavy atom. The SMILES string of the molecule is Cc1cc(C(=O)NCC[C@@H]2CCCNC2)ccc1F. The van der Waals surface area contributed by atoms with Gasteiger partial charge in [-0.15, -0.1) is 0 Å². The summed E-state index contributed by atoms with van der Waals surface area (Å²) < 4.78 is 13.1. The average molecular weight is 264 g/mol. The summed E-state index contributed by atoms with van der Waals surface area (Å²) in [7, 11) is 0. The highest BCUT2D eigenvalue weighted by molar-refractivity contribution is 5.94. The summed E-state index contributed by atoms with van der Waals surface area (Å²) in [6.07, 6.45) is 3.45. The van der Waals surface area contributed by atoms with Crippen molar-refractivity contribution in [2.24, 2.45) is 5.92 Å². The Morgan fingerprint density at radius 2 is 2.37 bits per heavy atom. The average Bonchev–Trinajstić information content (AvgIpc) is 2.43. The highest BCUT2D eigenvalue weighted by Gasteiger charge is 2.13. The molecule has 104 valence electrons. The molecule has 1 amide bonds. The number of piperidine rings is 1. The maximum Gasteiger partial charge on any atom is 0.251 e. The molecule has 1 aromatic rings. The maximum absolute atomic E-state index is 13.1. The van der Waals surface area contributed by atoms with Crippen molar-refractivity contribution in [3.05, 3.63) is 35.1 Å². The number of halogens is 1. The lowest BCUT2D eigenvalue weighted by Crippen LogP contribution is -2.33. The van der Waals surface area contributed by atoms with Crippen molar-refractivity contribution >= 4 is 5.91 Å². The van der Waals surface area contributed by atoms with E-state index in [4.69, 9.17) is 0 Å². The van der Waals surface area contributed by atoms with Gasteiger partial charge in [0.15, 0.2) is 0 Å². The first-order valence-corrected chi connectivity index (χ1v) is 6.92. The highest BCUT2D eigenvalue weighted by Crippen LogP contribution is 2.13. The van der Waals surface area contributed by atoms with Gasteiger partial charge in [-0.1, -0.05) is 0 Å². The van der Waals surface area contributed by atoms with Gasteiger partial charge in [0, 0.05) is 12.1 Å². The zero-order chi connectivity index (χ0) is 13.7. The van der Waals surface area contributed by atoms with Gasteiger partial charge in [0.05, 0.1) is 0 Å². The van der Waals surface area contributed by atoms with E-state index in [-0.39, 0.29) is 11.7 Å². The lowest BCUT2D eigenvalue weighted by molar-refractivity contribution is 0.0950. The van der Waals surface area contributed by atoms with Gasteiger partial charge in [0.2, 0.25) is 0 Å². The summed E-state index contributed by atoms with van der Waals surface area (Å²) in [4.78, 5) is 11.9. The van der Waals surface area contributed by atoms with Crippen molar-refractivity contribution < 1.29 is 9.18 Å². The number of nitrogens with one attached hydrogen (secondary N) is 2. The second-order valence-corrected chi connectivity index (χ2v) is 5.22. The predicted molar refractivity (Wildman–Crippen MR) is 73.7 cm³/mol. The Labute approximate surface area is 113 Å². The molecule has 0 aromatic heterocycles. The van der Waals surface area contributed by atoms with Crippen molar-refractivity contribution in [1.29, 1.82) is 0 Å². The normalized spacial score (nSPS) is 19.2. The van der Waals surface area contributed by atoms with Crippen LogP contribution in [0.3, 0.4) is 0 Å². The van der Waals surface area contributed by atoms with Gasteiger partial charge in [-0.2, -0.15) is 0 Å². The maximum atomic E-state index is 13.1. The van der Waals surface area contributed by atoms with Crippen LogP contribution in [0.25, 0.3) is 0 Å².